The van der Waals surface area contributed by atoms with E-state index in [2.05, 4.69) is 5.32 Å². The lowest BCUT2D eigenvalue weighted by molar-refractivity contribution is 0.173. The molecule has 1 atom stereocenters. The third-order valence-corrected chi connectivity index (χ3v) is 3.20. The van der Waals surface area contributed by atoms with Crippen LogP contribution in [-0.4, -0.2) is 31.3 Å². The molecule has 94 valence electrons. The Morgan fingerprint density at radius 2 is 2.12 bits per heavy atom. The Labute approximate surface area is 101 Å². The third-order valence-electron chi connectivity index (χ3n) is 3.20. The molecule has 17 heavy (non-hydrogen) atoms. The van der Waals surface area contributed by atoms with E-state index < -0.39 is 6.10 Å². The van der Waals surface area contributed by atoms with Crippen LogP contribution in [0.4, 0.5) is 10.1 Å². The summed E-state index contributed by atoms with van der Waals surface area (Å²) >= 11 is 0. The Morgan fingerprint density at radius 3 is 2.76 bits per heavy atom. The molecular weight excluding hydrogens is 219 g/mol. The minimum atomic E-state index is -0.503. The summed E-state index contributed by atoms with van der Waals surface area (Å²) in [5, 5.41) is 13.0. The fourth-order valence-corrected chi connectivity index (χ4v) is 2.12. The minimum absolute atomic E-state index is 0.209. The first-order valence-electron chi connectivity index (χ1n) is 6.15. The van der Waals surface area contributed by atoms with Crippen molar-refractivity contribution in [3.05, 3.63) is 29.6 Å². The lowest BCUT2D eigenvalue weighted by atomic mass is 10.1. The molecule has 1 aromatic rings. The van der Waals surface area contributed by atoms with Crippen molar-refractivity contribution in [3.8, 4) is 0 Å². The molecule has 0 spiro atoms. The standard InChI is InChI=1S/C13H19FN2O/c1-2-13(17)10-3-4-11(14)12(9-10)16-7-5-15-6-8-16/h3-4,9,13,15,17H,2,5-8H2,1H3. The summed E-state index contributed by atoms with van der Waals surface area (Å²) in [4.78, 5) is 2.03. The van der Waals surface area contributed by atoms with Crippen LogP contribution in [0.3, 0.4) is 0 Å². The zero-order chi connectivity index (χ0) is 12.3. The van der Waals surface area contributed by atoms with Crippen molar-refractivity contribution < 1.29 is 9.50 Å². The Hall–Kier alpha value is -1.13. The Balaban J connectivity index is 2.25. The molecule has 0 bridgehead atoms. The van der Waals surface area contributed by atoms with Gasteiger partial charge in [-0.15, -0.1) is 0 Å². The van der Waals surface area contributed by atoms with Crippen molar-refractivity contribution >= 4 is 5.69 Å². The van der Waals surface area contributed by atoms with Crippen molar-refractivity contribution in [2.75, 3.05) is 31.1 Å². The molecule has 1 aliphatic heterocycles. The molecule has 1 saturated heterocycles. The normalized spacial score (nSPS) is 18.2. The summed E-state index contributed by atoms with van der Waals surface area (Å²) < 4.78 is 13.8. The topological polar surface area (TPSA) is 35.5 Å². The highest BCUT2D eigenvalue weighted by molar-refractivity contribution is 5.51. The first kappa shape index (κ1) is 12.3. The number of hydrogen-bond donors (Lipinski definition) is 2. The van der Waals surface area contributed by atoms with Crippen LogP contribution in [-0.2, 0) is 0 Å². The highest BCUT2D eigenvalue weighted by Crippen LogP contribution is 2.25. The van der Waals surface area contributed by atoms with Gasteiger partial charge in [0.25, 0.3) is 0 Å². The fourth-order valence-electron chi connectivity index (χ4n) is 2.12. The highest BCUT2D eigenvalue weighted by atomic mass is 19.1. The number of aliphatic hydroxyl groups excluding tert-OH is 1. The molecule has 0 aliphatic carbocycles. The van der Waals surface area contributed by atoms with Crippen LogP contribution in [0.1, 0.15) is 25.0 Å². The zero-order valence-corrected chi connectivity index (χ0v) is 10.1. The van der Waals surface area contributed by atoms with Gasteiger partial charge in [0, 0.05) is 26.2 Å². The van der Waals surface area contributed by atoms with E-state index in [-0.39, 0.29) is 5.82 Å². The first-order valence-corrected chi connectivity index (χ1v) is 6.15. The predicted molar refractivity (Wildman–Crippen MR) is 66.7 cm³/mol. The van der Waals surface area contributed by atoms with Crippen LogP contribution in [0.25, 0.3) is 0 Å². The van der Waals surface area contributed by atoms with Crippen molar-refractivity contribution in [3.63, 3.8) is 0 Å². The van der Waals surface area contributed by atoms with Crippen LogP contribution < -0.4 is 10.2 Å². The van der Waals surface area contributed by atoms with Gasteiger partial charge in [0.1, 0.15) is 5.82 Å². The maximum atomic E-state index is 13.8. The van der Waals surface area contributed by atoms with Crippen molar-refractivity contribution in [2.45, 2.75) is 19.4 Å². The Kier molecular flexibility index (Phi) is 3.97. The SMILES string of the molecule is CCC(O)c1ccc(F)c(N2CCNCC2)c1. The predicted octanol–water partition coefficient (Wildman–Crippen LogP) is 1.68. The molecule has 0 radical (unpaired) electrons. The van der Waals surface area contributed by atoms with Crippen LogP contribution in [0.5, 0.6) is 0 Å². The van der Waals surface area contributed by atoms with Gasteiger partial charge in [0.15, 0.2) is 0 Å². The van der Waals surface area contributed by atoms with Crippen LogP contribution in [0.15, 0.2) is 18.2 Å². The van der Waals surface area contributed by atoms with Gasteiger partial charge in [0.05, 0.1) is 11.8 Å². The molecule has 1 aliphatic rings. The van der Waals surface area contributed by atoms with Crippen molar-refractivity contribution in [1.82, 2.24) is 5.32 Å². The van der Waals surface area contributed by atoms with E-state index >= 15 is 0 Å². The first-order chi connectivity index (χ1) is 8.22. The molecule has 1 unspecified atom stereocenters. The van der Waals surface area contributed by atoms with Gasteiger partial charge in [-0.25, -0.2) is 4.39 Å². The van der Waals surface area contributed by atoms with E-state index in [9.17, 15) is 9.50 Å². The van der Waals surface area contributed by atoms with E-state index in [0.29, 0.717) is 12.1 Å². The monoisotopic (exact) mass is 238 g/mol. The number of halogens is 1. The number of aliphatic hydroxyl groups is 1. The molecular formula is C13H19FN2O. The average molecular weight is 238 g/mol. The maximum Gasteiger partial charge on any atom is 0.146 e. The van der Waals surface area contributed by atoms with E-state index in [1.165, 1.54) is 6.07 Å². The van der Waals surface area contributed by atoms with Gasteiger partial charge in [-0.1, -0.05) is 13.0 Å². The number of rotatable bonds is 3. The largest absolute Gasteiger partial charge is 0.388 e. The highest BCUT2D eigenvalue weighted by Gasteiger charge is 2.16. The summed E-state index contributed by atoms with van der Waals surface area (Å²) in [6, 6.07) is 4.88. The van der Waals surface area contributed by atoms with Gasteiger partial charge in [-0.3, -0.25) is 0 Å². The maximum absolute atomic E-state index is 13.8. The molecule has 1 fully saturated rings. The summed E-state index contributed by atoms with van der Waals surface area (Å²) in [5.41, 5.74) is 1.40. The number of nitrogens with one attached hydrogen (secondary N) is 1. The Morgan fingerprint density at radius 1 is 1.41 bits per heavy atom. The second-order valence-electron chi connectivity index (χ2n) is 4.37. The van der Waals surface area contributed by atoms with Crippen LogP contribution in [0, 0.1) is 5.82 Å². The van der Waals surface area contributed by atoms with Gasteiger partial charge >= 0.3 is 0 Å². The molecule has 3 nitrogen and oxygen atoms in total. The summed E-state index contributed by atoms with van der Waals surface area (Å²) in [6.45, 7) is 5.28. The average Bonchev–Trinajstić information content (AvgIpc) is 2.39. The van der Waals surface area contributed by atoms with Crippen molar-refractivity contribution in [1.29, 1.82) is 0 Å². The smallest absolute Gasteiger partial charge is 0.146 e. The van der Waals surface area contributed by atoms with Gasteiger partial charge in [-0.2, -0.15) is 0 Å². The number of benzene rings is 1. The van der Waals surface area contributed by atoms with E-state index in [1.807, 2.05) is 11.8 Å². The summed E-state index contributed by atoms with van der Waals surface area (Å²) in [7, 11) is 0. The lowest BCUT2D eigenvalue weighted by Gasteiger charge is -2.30. The van der Waals surface area contributed by atoms with Crippen LogP contribution >= 0.6 is 0 Å². The van der Waals surface area contributed by atoms with Gasteiger partial charge in [0.2, 0.25) is 0 Å². The van der Waals surface area contributed by atoms with Crippen LogP contribution in [0.2, 0.25) is 0 Å². The fraction of sp³-hybridized carbons (Fsp3) is 0.538. The molecule has 0 amide bonds. The number of piperazine rings is 1. The molecule has 2 N–H and O–H groups in total. The Bertz CT molecular complexity index is 378. The molecule has 4 heteroatoms. The van der Waals surface area contributed by atoms with E-state index in [1.54, 1.807) is 12.1 Å². The number of anilines is 1. The molecule has 1 heterocycles. The zero-order valence-electron chi connectivity index (χ0n) is 10.1. The third kappa shape index (κ3) is 2.76. The lowest BCUT2D eigenvalue weighted by Crippen LogP contribution is -2.43. The van der Waals surface area contributed by atoms with Gasteiger partial charge < -0.3 is 15.3 Å². The summed E-state index contributed by atoms with van der Waals surface area (Å²) in [6.07, 6.45) is 0.143. The number of hydrogen-bond acceptors (Lipinski definition) is 3. The molecule has 0 saturated carbocycles. The second-order valence-corrected chi connectivity index (χ2v) is 4.37. The summed E-state index contributed by atoms with van der Waals surface area (Å²) in [5.74, 6) is -0.209. The quantitative estimate of drug-likeness (QED) is 0.841. The minimum Gasteiger partial charge on any atom is -0.388 e. The molecule has 1 aromatic carbocycles. The molecule has 0 aromatic heterocycles. The van der Waals surface area contributed by atoms with E-state index in [0.717, 1.165) is 31.7 Å². The number of nitrogens with zero attached hydrogens (tertiary/aromatic N) is 1. The van der Waals surface area contributed by atoms with Gasteiger partial charge in [-0.05, 0) is 24.1 Å². The second kappa shape index (κ2) is 5.47. The van der Waals surface area contributed by atoms with E-state index in [4.69, 9.17) is 0 Å². The molecule has 2 rings (SSSR count). The van der Waals surface area contributed by atoms with Crippen molar-refractivity contribution in [2.24, 2.45) is 0 Å².